The van der Waals surface area contributed by atoms with Gasteiger partial charge in [0.25, 0.3) is 11.7 Å². The number of ether oxygens (including phenoxy) is 1. The smallest absolute Gasteiger partial charge is 0.300 e. The van der Waals surface area contributed by atoms with Gasteiger partial charge in [-0.1, -0.05) is 39.7 Å². The van der Waals surface area contributed by atoms with Gasteiger partial charge in [-0.15, -0.1) is 0 Å². The second kappa shape index (κ2) is 8.57. The monoisotopic (exact) mass is 497 g/mol. The molecule has 1 saturated heterocycles. The van der Waals surface area contributed by atoms with Crippen molar-refractivity contribution in [1.29, 1.82) is 0 Å². The molecule has 1 aliphatic rings. The van der Waals surface area contributed by atoms with Crippen LogP contribution in [0.2, 0.25) is 5.02 Å². The molecule has 31 heavy (non-hydrogen) atoms. The van der Waals surface area contributed by atoms with E-state index in [-0.39, 0.29) is 11.3 Å². The van der Waals surface area contributed by atoms with Crippen molar-refractivity contribution in [3.63, 3.8) is 0 Å². The van der Waals surface area contributed by atoms with Crippen molar-refractivity contribution in [2.75, 3.05) is 12.0 Å². The van der Waals surface area contributed by atoms with E-state index in [1.165, 1.54) is 4.90 Å². The van der Waals surface area contributed by atoms with Crippen LogP contribution in [0.15, 0.2) is 82.8 Å². The summed E-state index contributed by atoms with van der Waals surface area (Å²) in [5.41, 5.74) is 1.63. The second-order valence-electron chi connectivity index (χ2n) is 6.93. The summed E-state index contributed by atoms with van der Waals surface area (Å²) in [6.45, 7) is 0. The van der Waals surface area contributed by atoms with Crippen LogP contribution in [0.3, 0.4) is 0 Å². The van der Waals surface area contributed by atoms with Crippen LogP contribution in [0.1, 0.15) is 17.2 Å². The number of hydrogen-bond acceptors (Lipinski definition) is 4. The number of carbonyl (C=O) groups excluding carboxylic acids is 2. The first-order chi connectivity index (χ1) is 14.9. The van der Waals surface area contributed by atoms with Gasteiger partial charge in [-0.25, -0.2) is 0 Å². The van der Waals surface area contributed by atoms with Crippen molar-refractivity contribution in [2.45, 2.75) is 6.04 Å². The van der Waals surface area contributed by atoms with Crippen LogP contribution in [0.25, 0.3) is 5.76 Å². The summed E-state index contributed by atoms with van der Waals surface area (Å²) in [6.07, 6.45) is 0. The average molecular weight is 499 g/mol. The van der Waals surface area contributed by atoms with E-state index in [1.807, 2.05) is 24.3 Å². The predicted molar refractivity (Wildman–Crippen MR) is 123 cm³/mol. The van der Waals surface area contributed by atoms with E-state index in [1.54, 1.807) is 55.6 Å². The molecule has 4 rings (SSSR count). The minimum absolute atomic E-state index is 0.0189. The molecule has 5 nitrogen and oxygen atoms in total. The maximum absolute atomic E-state index is 13.1. The Morgan fingerprint density at radius 3 is 2.16 bits per heavy atom. The lowest BCUT2D eigenvalue weighted by molar-refractivity contribution is -0.132. The van der Waals surface area contributed by atoms with Crippen LogP contribution in [0, 0.1) is 0 Å². The van der Waals surface area contributed by atoms with Crippen LogP contribution >= 0.6 is 27.5 Å². The van der Waals surface area contributed by atoms with Gasteiger partial charge in [0, 0.05) is 20.7 Å². The SMILES string of the molecule is COc1ccc(N2C(=O)C(=O)C(=C(O)c3ccc(Cl)cc3)C2c2ccc(Br)cc2)cc1. The van der Waals surface area contributed by atoms with Crippen molar-refractivity contribution in [1.82, 2.24) is 0 Å². The van der Waals surface area contributed by atoms with Gasteiger partial charge in [0.1, 0.15) is 11.5 Å². The summed E-state index contributed by atoms with van der Waals surface area (Å²) in [5, 5.41) is 11.5. The topological polar surface area (TPSA) is 66.8 Å². The number of Topliss-reactive ketones (excluding diaryl/α,β-unsaturated/α-hetero) is 1. The number of hydrogen-bond donors (Lipinski definition) is 1. The number of aliphatic hydroxyl groups excluding tert-OH is 1. The fourth-order valence-electron chi connectivity index (χ4n) is 3.57. The van der Waals surface area contributed by atoms with Crippen molar-refractivity contribution < 1.29 is 19.4 Å². The molecular weight excluding hydrogens is 482 g/mol. The van der Waals surface area contributed by atoms with E-state index in [0.29, 0.717) is 27.6 Å². The lowest BCUT2D eigenvalue weighted by Crippen LogP contribution is -2.29. The molecule has 0 radical (unpaired) electrons. The number of methoxy groups -OCH3 is 1. The van der Waals surface area contributed by atoms with Gasteiger partial charge >= 0.3 is 0 Å². The lowest BCUT2D eigenvalue weighted by atomic mass is 9.95. The average Bonchev–Trinajstić information content (AvgIpc) is 3.05. The van der Waals surface area contributed by atoms with E-state index >= 15 is 0 Å². The summed E-state index contributed by atoms with van der Waals surface area (Å²) >= 11 is 9.36. The summed E-state index contributed by atoms with van der Waals surface area (Å²) in [5.74, 6) is -1.09. The number of benzene rings is 3. The van der Waals surface area contributed by atoms with Gasteiger partial charge in [-0.2, -0.15) is 0 Å². The molecule has 7 heteroatoms. The van der Waals surface area contributed by atoms with Gasteiger partial charge in [-0.05, 0) is 66.2 Å². The number of amides is 1. The molecule has 156 valence electrons. The van der Waals surface area contributed by atoms with Crippen LogP contribution < -0.4 is 9.64 Å². The Balaban J connectivity index is 1.91. The van der Waals surface area contributed by atoms with Crippen molar-refractivity contribution in [3.05, 3.63) is 99.0 Å². The minimum atomic E-state index is -0.794. The maximum Gasteiger partial charge on any atom is 0.300 e. The molecule has 0 aromatic heterocycles. The number of nitrogens with zero attached hydrogens (tertiary/aromatic N) is 1. The molecule has 0 bridgehead atoms. The molecule has 3 aromatic rings. The normalized spacial score (nSPS) is 17.8. The standard InChI is InChI=1S/C24H17BrClNO4/c1-31-19-12-10-18(11-13-19)27-21(14-2-6-16(25)7-3-14)20(23(29)24(27)30)22(28)15-4-8-17(26)9-5-15/h2-13,21,28H,1H3. The van der Waals surface area contributed by atoms with E-state index in [2.05, 4.69) is 15.9 Å². The molecule has 1 heterocycles. The van der Waals surface area contributed by atoms with Gasteiger partial charge in [0.2, 0.25) is 0 Å². The highest BCUT2D eigenvalue weighted by Crippen LogP contribution is 2.42. The molecule has 3 aromatic carbocycles. The van der Waals surface area contributed by atoms with Crippen molar-refractivity contribution >= 4 is 50.7 Å². The van der Waals surface area contributed by atoms with E-state index in [4.69, 9.17) is 16.3 Å². The highest BCUT2D eigenvalue weighted by atomic mass is 79.9. The number of carbonyl (C=O) groups is 2. The molecule has 1 N–H and O–H groups in total. The molecule has 1 amide bonds. The molecule has 1 unspecified atom stereocenters. The Morgan fingerprint density at radius 1 is 0.968 bits per heavy atom. The first-order valence-corrected chi connectivity index (χ1v) is 10.5. The zero-order valence-corrected chi connectivity index (χ0v) is 18.7. The Labute approximate surface area is 192 Å². The molecule has 1 fully saturated rings. The number of aliphatic hydroxyl groups is 1. The molecular formula is C24H17BrClNO4. The van der Waals surface area contributed by atoms with Crippen LogP contribution in [0.4, 0.5) is 5.69 Å². The van der Waals surface area contributed by atoms with E-state index < -0.39 is 17.7 Å². The lowest BCUT2D eigenvalue weighted by Gasteiger charge is -2.25. The zero-order valence-electron chi connectivity index (χ0n) is 16.4. The van der Waals surface area contributed by atoms with Gasteiger partial charge in [-0.3, -0.25) is 14.5 Å². The van der Waals surface area contributed by atoms with Gasteiger partial charge < -0.3 is 9.84 Å². The summed E-state index contributed by atoms with van der Waals surface area (Å²) < 4.78 is 6.05. The van der Waals surface area contributed by atoms with Crippen LogP contribution in [0.5, 0.6) is 5.75 Å². The highest BCUT2D eigenvalue weighted by molar-refractivity contribution is 9.10. The van der Waals surface area contributed by atoms with Gasteiger partial charge in [0.15, 0.2) is 0 Å². The third kappa shape index (κ3) is 3.96. The molecule has 1 aliphatic heterocycles. The third-order valence-corrected chi connectivity index (χ3v) is 5.88. The quantitative estimate of drug-likeness (QED) is 0.283. The molecule has 1 atom stereocenters. The van der Waals surface area contributed by atoms with E-state index in [0.717, 1.165) is 4.47 Å². The summed E-state index contributed by atoms with van der Waals surface area (Å²) in [7, 11) is 1.55. The fourth-order valence-corrected chi connectivity index (χ4v) is 3.96. The zero-order chi connectivity index (χ0) is 22.1. The van der Waals surface area contributed by atoms with Crippen molar-refractivity contribution in [3.8, 4) is 5.75 Å². The largest absolute Gasteiger partial charge is 0.507 e. The fraction of sp³-hybridized carbons (Fsp3) is 0.0833. The number of halogens is 2. The Hall–Kier alpha value is -3.09. The first-order valence-electron chi connectivity index (χ1n) is 9.37. The Kier molecular flexibility index (Phi) is 5.85. The highest BCUT2D eigenvalue weighted by Gasteiger charge is 2.46. The van der Waals surface area contributed by atoms with Crippen LogP contribution in [-0.4, -0.2) is 23.9 Å². The Bertz CT molecular complexity index is 1170. The Morgan fingerprint density at radius 2 is 1.58 bits per heavy atom. The van der Waals surface area contributed by atoms with Crippen molar-refractivity contribution in [2.24, 2.45) is 0 Å². The summed E-state index contributed by atoms with van der Waals surface area (Å²) in [4.78, 5) is 27.6. The number of anilines is 1. The minimum Gasteiger partial charge on any atom is -0.507 e. The van der Waals surface area contributed by atoms with Gasteiger partial charge in [0.05, 0.1) is 18.7 Å². The summed E-state index contributed by atoms with van der Waals surface area (Å²) in [6, 6.07) is 19.8. The second-order valence-corrected chi connectivity index (χ2v) is 8.28. The van der Waals surface area contributed by atoms with E-state index in [9.17, 15) is 14.7 Å². The number of rotatable bonds is 4. The third-order valence-electron chi connectivity index (χ3n) is 5.10. The predicted octanol–water partition coefficient (Wildman–Crippen LogP) is 5.74. The number of ketones is 1. The van der Waals surface area contributed by atoms with Crippen LogP contribution in [-0.2, 0) is 9.59 Å². The molecule has 0 aliphatic carbocycles. The maximum atomic E-state index is 13.1. The first kappa shape index (κ1) is 21.2. The molecule has 0 spiro atoms. The molecule has 0 saturated carbocycles.